The van der Waals surface area contributed by atoms with Gasteiger partial charge in [-0.1, -0.05) is 262 Å². The highest BCUT2D eigenvalue weighted by Gasteiger charge is 2.52. The predicted octanol–water partition coefficient (Wildman–Crippen LogP) is 16.5. The first-order chi connectivity index (χ1) is 29.8. The fourth-order valence-electron chi connectivity index (χ4n) is 10.2. The smallest absolute Gasteiger partial charge is 0.308 e. The second-order valence-corrected chi connectivity index (χ2v) is 27.5. The van der Waals surface area contributed by atoms with Crippen molar-refractivity contribution in [2.24, 2.45) is 0 Å². The van der Waals surface area contributed by atoms with Crippen LogP contribution in [0.15, 0.2) is 60.7 Å². The van der Waals surface area contributed by atoms with Crippen molar-refractivity contribution >= 4 is 48.2 Å². The van der Waals surface area contributed by atoms with Crippen LogP contribution in [0.2, 0.25) is 5.04 Å². The quantitative estimate of drug-likeness (QED) is 0.0397. The molecule has 0 aliphatic carbocycles. The van der Waals surface area contributed by atoms with Gasteiger partial charge < -0.3 is 9.16 Å². The number of benzene rings is 2. The molecular weight excluding hydrogens is 801 g/mol. The van der Waals surface area contributed by atoms with Gasteiger partial charge >= 0.3 is 5.97 Å². The number of carbonyl (C=O) groups excluding carboxylic acids is 1. The molecule has 2 saturated heterocycles. The standard InChI is InChI=1S/C55H92O3S2Si/c1-5-6-7-8-9-10-11-12-13-14-15-16-17-18-19-20-21-22-23-24-25-26-27-28-29-30-33-39-49(46-50-47-55(48-53(56)57-50)59-44-38-45-60-55)58-61(54(2,3)4,51-40-34-31-35-41-51)52-42-36-32-37-43-52/h31-32,34-37,40-43,49-50H,5-30,33,38-39,44-48H2,1-4H3. The molecule has 0 bridgehead atoms. The molecule has 0 N–H and O–H groups in total. The number of cyclic esters (lactones) is 1. The lowest BCUT2D eigenvalue weighted by atomic mass is 9.98. The summed E-state index contributed by atoms with van der Waals surface area (Å²) in [4.78, 5) is 13.1. The van der Waals surface area contributed by atoms with Crippen molar-refractivity contribution in [3.8, 4) is 0 Å². The van der Waals surface area contributed by atoms with Crippen LogP contribution in [0.25, 0.3) is 0 Å². The molecule has 0 saturated carbocycles. The third kappa shape index (κ3) is 19.8. The van der Waals surface area contributed by atoms with Crippen LogP contribution >= 0.6 is 23.5 Å². The number of unbranched alkanes of at least 4 members (excludes halogenated alkanes) is 26. The first kappa shape index (κ1) is 52.4. The van der Waals surface area contributed by atoms with Gasteiger partial charge in [0.15, 0.2) is 0 Å². The lowest BCUT2D eigenvalue weighted by molar-refractivity contribution is -0.155. The summed E-state index contributed by atoms with van der Waals surface area (Å²) in [6.07, 6.45) is 42.7. The van der Waals surface area contributed by atoms with Crippen LogP contribution in [0.3, 0.4) is 0 Å². The summed E-state index contributed by atoms with van der Waals surface area (Å²) in [7, 11) is -2.74. The monoisotopic (exact) mass is 893 g/mol. The lowest BCUT2D eigenvalue weighted by Gasteiger charge is -2.46. The minimum atomic E-state index is -2.74. The highest BCUT2D eigenvalue weighted by molar-refractivity contribution is 8.18. The van der Waals surface area contributed by atoms with E-state index in [2.05, 4.69) is 88.4 Å². The maximum absolute atomic E-state index is 13.1. The number of rotatable bonds is 34. The molecule has 3 nitrogen and oxygen atoms in total. The topological polar surface area (TPSA) is 35.5 Å². The molecule has 2 aromatic carbocycles. The van der Waals surface area contributed by atoms with Crippen molar-refractivity contribution in [2.45, 2.75) is 254 Å². The predicted molar refractivity (Wildman–Crippen MR) is 273 cm³/mol. The van der Waals surface area contributed by atoms with E-state index >= 15 is 0 Å². The normalized spacial score (nSPS) is 17.4. The zero-order valence-corrected chi connectivity index (χ0v) is 42.6. The van der Waals surface area contributed by atoms with Gasteiger partial charge in [-0.25, -0.2) is 0 Å². The first-order valence-electron chi connectivity index (χ1n) is 26.0. The third-order valence-corrected chi connectivity index (χ3v) is 22.1. The van der Waals surface area contributed by atoms with E-state index in [1.54, 1.807) is 0 Å². The fourth-order valence-corrected chi connectivity index (χ4v) is 18.3. The zero-order chi connectivity index (χ0) is 43.3. The maximum atomic E-state index is 13.1. The highest BCUT2D eigenvalue weighted by atomic mass is 32.2. The van der Waals surface area contributed by atoms with Crippen LogP contribution in [-0.4, -0.2) is 42.1 Å². The summed E-state index contributed by atoms with van der Waals surface area (Å²) in [5.74, 6) is 2.28. The van der Waals surface area contributed by atoms with E-state index in [1.165, 1.54) is 184 Å². The molecule has 2 aliphatic rings. The van der Waals surface area contributed by atoms with Crippen LogP contribution in [0.1, 0.15) is 233 Å². The van der Waals surface area contributed by atoms with Gasteiger partial charge in [0.1, 0.15) is 6.10 Å². The molecule has 61 heavy (non-hydrogen) atoms. The minimum absolute atomic E-state index is 0.0160. The number of thioether (sulfide) groups is 2. The second kappa shape index (κ2) is 30.8. The Bertz CT molecular complexity index is 1330. The number of esters is 1. The molecule has 0 radical (unpaired) electrons. The molecule has 1 spiro atoms. The van der Waals surface area contributed by atoms with Crippen LogP contribution in [0.4, 0.5) is 0 Å². The van der Waals surface area contributed by atoms with E-state index < -0.39 is 8.32 Å². The van der Waals surface area contributed by atoms with Crippen LogP contribution in [0, 0.1) is 0 Å². The summed E-state index contributed by atoms with van der Waals surface area (Å²) in [6.45, 7) is 9.44. The third-order valence-electron chi connectivity index (χ3n) is 13.7. The molecule has 0 aromatic heterocycles. The molecule has 2 unspecified atom stereocenters. The Morgan fingerprint density at radius 1 is 0.607 bits per heavy atom. The molecule has 6 heteroatoms. The summed E-state index contributed by atoms with van der Waals surface area (Å²) in [6, 6.07) is 22.2. The van der Waals surface area contributed by atoms with Gasteiger partial charge in [-0.2, -0.15) is 0 Å². The largest absolute Gasteiger partial charge is 0.462 e. The van der Waals surface area contributed by atoms with Gasteiger partial charge in [0.2, 0.25) is 0 Å². The van der Waals surface area contributed by atoms with E-state index in [0.717, 1.165) is 37.2 Å². The Kier molecular flexibility index (Phi) is 26.5. The first-order valence-corrected chi connectivity index (χ1v) is 29.9. The Hall–Kier alpha value is -1.21. The van der Waals surface area contributed by atoms with Gasteiger partial charge in [-0.05, 0) is 39.8 Å². The second-order valence-electron chi connectivity index (χ2n) is 20.1. The van der Waals surface area contributed by atoms with E-state index in [9.17, 15) is 4.79 Å². The molecule has 2 fully saturated rings. The molecule has 2 aliphatic heterocycles. The molecule has 2 atom stereocenters. The number of hydrogen-bond acceptors (Lipinski definition) is 5. The molecule has 2 heterocycles. The van der Waals surface area contributed by atoms with Crippen molar-refractivity contribution in [3.05, 3.63) is 60.7 Å². The molecule has 0 amide bonds. The number of carbonyl (C=O) groups is 1. The van der Waals surface area contributed by atoms with Gasteiger partial charge in [-0.15, -0.1) is 23.5 Å². The summed E-state index contributed by atoms with van der Waals surface area (Å²) in [5.41, 5.74) is 0. The molecule has 346 valence electrons. The zero-order valence-electron chi connectivity index (χ0n) is 40.0. The molecule has 2 aromatic rings. The SMILES string of the molecule is CCCCCCCCCCCCCCCCCCCCCCCCCCCCCC(CC1CC2(CC(=O)O1)SCCCS2)O[Si](c1ccccc1)(c1ccccc1)C(C)(C)C. The molecular formula is C55H92O3S2Si. The minimum Gasteiger partial charge on any atom is -0.462 e. The van der Waals surface area contributed by atoms with Gasteiger partial charge in [0.25, 0.3) is 8.32 Å². The lowest BCUT2D eigenvalue weighted by Crippen LogP contribution is -2.67. The Balaban J connectivity index is 1.11. The average molecular weight is 894 g/mol. The molecule has 4 rings (SSSR count). The Morgan fingerprint density at radius 2 is 0.984 bits per heavy atom. The van der Waals surface area contributed by atoms with Gasteiger partial charge in [0.05, 0.1) is 10.5 Å². The Labute approximate surface area is 386 Å². The average Bonchev–Trinajstić information content (AvgIpc) is 3.25. The Morgan fingerprint density at radius 3 is 1.36 bits per heavy atom. The van der Waals surface area contributed by atoms with Crippen molar-refractivity contribution in [2.75, 3.05) is 11.5 Å². The highest BCUT2D eigenvalue weighted by Crippen LogP contribution is 2.51. The fraction of sp³-hybridized carbons (Fsp3) is 0.764. The van der Waals surface area contributed by atoms with Crippen molar-refractivity contribution in [1.82, 2.24) is 0 Å². The number of hydrogen-bond donors (Lipinski definition) is 0. The van der Waals surface area contributed by atoms with E-state index in [4.69, 9.17) is 9.16 Å². The number of ether oxygens (including phenoxy) is 1. The van der Waals surface area contributed by atoms with Gasteiger partial charge in [0, 0.05) is 18.9 Å². The van der Waals surface area contributed by atoms with Crippen molar-refractivity contribution in [3.63, 3.8) is 0 Å². The van der Waals surface area contributed by atoms with Crippen LogP contribution in [0.5, 0.6) is 0 Å². The van der Waals surface area contributed by atoms with Crippen LogP contribution in [-0.2, 0) is 14.0 Å². The summed E-state index contributed by atoms with van der Waals surface area (Å²) >= 11 is 4.01. The van der Waals surface area contributed by atoms with Crippen LogP contribution < -0.4 is 10.4 Å². The van der Waals surface area contributed by atoms with E-state index in [-0.39, 0.29) is 27.3 Å². The van der Waals surface area contributed by atoms with E-state index in [0.29, 0.717) is 6.42 Å². The van der Waals surface area contributed by atoms with Crippen molar-refractivity contribution in [1.29, 1.82) is 0 Å². The summed E-state index contributed by atoms with van der Waals surface area (Å²) < 4.78 is 13.9. The van der Waals surface area contributed by atoms with Crippen molar-refractivity contribution < 1.29 is 14.0 Å². The van der Waals surface area contributed by atoms with E-state index in [1.807, 2.05) is 23.5 Å². The van der Waals surface area contributed by atoms with Gasteiger partial charge in [-0.3, -0.25) is 4.79 Å². The maximum Gasteiger partial charge on any atom is 0.308 e. The summed E-state index contributed by atoms with van der Waals surface area (Å²) in [5, 5.41) is 2.57.